The molecule has 96 valence electrons. The average Bonchev–Trinajstić information content (AvgIpc) is 2.38. The molecule has 0 radical (unpaired) electrons. The van der Waals surface area contributed by atoms with Crippen molar-refractivity contribution in [1.82, 2.24) is 0 Å². The Morgan fingerprint density at radius 3 is 1.82 bits per heavy atom. The molecule has 0 bridgehead atoms. The van der Waals surface area contributed by atoms with Crippen molar-refractivity contribution < 1.29 is 14.4 Å². The van der Waals surface area contributed by atoms with E-state index in [1.54, 1.807) is 0 Å². The predicted molar refractivity (Wildman–Crippen MR) is 70.7 cm³/mol. The number of rotatable bonds is 5. The van der Waals surface area contributed by atoms with Crippen molar-refractivity contribution in [2.24, 2.45) is 0 Å². The van der Waals surface area contributed by atoms with Crippen molar-refractivity contribution in [3.63, 3.8) is 0 Å². The molecule has 0 fully saturated rings. The van der Waals surface area contributed by atoms with Gasteiger partial charge >= 0.3 is 0 Å². The van der Waals surface area contributed by atoms with Gasteiger partial charge in [-0.3, -0.25) is 4.79 Å². The van der Waals surface area contributed by atoms with E-state index in [0.717, 1.165) is 0 Å². The summed E-state index contributed by atoms with van der Waals surface area (Å²) in [6.45, 7) is 11.5. The van der Waals surface area contributed by atoms with Gasteiger partial charge in [0.25, 0.3) is 6.47 Å². The van der Waals surface area contributed by atoms with Crippen molar-refractivity contribution >= 4 is 6.47 Å². The van der Waals surface area contributed by atoms with Gasteiger partial charge in [0, 0.05) is 5.56 Å². The highest BCUT2D eigenvalue weighted by Gasteiger charge is 2.20. The summed E-state index contributed by atoms with van der Waals surface area (Å²) >= 11 is 0. The maximum absolute atomic E-state index is 8.36. The van der Waals surface area contributed by atoms with Gasteiger partial charge in [-0.1, -0.05) is 30.3 Å². The lowest BCUT2D eigenvalue weighted by Crippen LogP contribution is -2.46. The summed E-state index contributed by atoms with van der Waals surface area (Å²) in [5, 5.41) is 6.89. The first-order valence-corrected chi connectivity index (χ1v) is 6.14. The molecule has 1 aromatic carbocycles. The molecule has 0 atom stereocenters. The summed E-state index contributed by atoms with van der Waals surface area (Å²) in [5.41, 5.74) is 1.46. The third-order valence-electron chi connectivity index (χ3n) is 3.37. The van der Waals surface area contributed by atoms with Crippen molar-refractivity contribution in [3.8, 4) is 0 Å². The molecule has 0 saturated heterocycles. The third-order valence-corrected chi connectivity index (χ3v) is 3.37. The molecule has 0 aliphatic rings. The molecule has 1 rings (SSSR count). The van der Waals surface area contributed by atoms with E-state index in [4.69, 9.17) is 9.90 Å². The molecule has 0 amide bonds. The van der Waals surface area contributed by atoms with Gasteiger partial charge in [-0.05, 0) is 20.8 Å². The number of quaternary nitrogens is 1. The fourth-order valence-electron chi connectivity index (χ4n) is 1.98. The molecular weight excluding hydrogens is 214 g/mol. The van der Waals surface area contributed by atoms with E-state index in [2.05, 4.69) is 51.1 Å². The van der Waals surface area contributed by atoms with Gasteiger partial charge in [-0.25, -0.2) is 0 Å². The van der Waals surface area contributed by atoms with Crippen LogP contribution >= 0.6 is 0 Å². The zero-order valence-corrected chi connectivity index (χ0v) is 11.1. The Morgan fingerprint density at radius 2 is 1.47 bits per heavy atom. The first kappa shape index (κ1) is 15.7. The van der Waals surface area contributed by atoms with Crippen molar-refractivity contribution in [2.75, 3.05) is 19.6 Å². The van der Waals surface area contributed by atoms with Gasteiger partial charge < -0.3 is 9.59 Å². The zero-order valence-electron chi connectivity index (χ0n) is 11.1. The summed E-state index contributed by atoms with van der Waals surface area (Å²) in [6.07, 6.45) is 0. The van der Waals surface area contributed by atoms with E-state index >= 15 is 0 Å². The van der Waals surface area contributed by atoms with Crippen LogP contribution in [0.2, 0.25) is 0 Å². The lowest BCUT2D eigenvalue weighted by Gasteiger charge is -2.35. The van der Waals surface area contributed by atoms with Crippen molar-refractivity contribution in [2.45, 2.75) is 27.3 Å². The molecule has 3 nitrogen and oxygen atoms in total. The van der Waals surface area contributed by atoms with Crippen LogP contribution in [0.15, 0.2) is 30.3 Å². The van der Waals surface area contributed by atoms with Crippen LogP contribution in [0.4, 0.5) is 0 Å². The van der Waals surface area contributed by atoms with E-state index in [0.29, 0.717) is 0 Å². The fraction of sp³-hybridized carbons (Fsp3) is 0.500. The normalized spacial score (nSPS) is 10.3. The van der Waals surface area contributed by atoms with E-state index in [-0.39, 0.29) is 6.47 Å². The van der Waals surface area contributed by atoms with Crippen LogP contribution in [-0.2, 0) is 11.3 Å². The van der Waals surface area contributed by atoms with Gasteiger partial charge in [0.05, 0.1) is 19.6 Å². The predicted octanol–water partition coefficient (Wildman–Crippen LogP) is 2.76. The van der Waals surface area contributed by atoms with Crippen LogP contribution in [0.5, 0.6) is 0 Å². The Labute approximate surface area is 104 Å². The van der Waals surface area contributed by atoms with Gasteiger partial charge in [-0.2, -0.15) is 0 Å². The highest BCUT2D eigenvalue weighted by Crippen LogP contribution is 2.13. The second kappa shape index (κ2) is 8.76. The third kappa shape index (κ3) is 5.50. The van der Waals surface area contributed by atoms with Gasteiger partial charge in [0.1, 0.15) is 6.54 Å². The molecule has 3 heteroatoms. The summed E-state index contributed by atoms with van der Waals surface area (Å²) in [4.78, 5) is 8.36. The lowest BCUT2D eigenvalue weighted by atomic mass is 10.2. The maximum Gasteiger partial charge on any atom is 0.290 e. The van der Waals surface area contributed by atoms with E-state index in [1.165, 1.54) is 36.2 Å². The molecular formula is C14H24NO2+. The topological polar surface area (TPSA) is 37.3 Å². The van der Waals surface area contributed by atoms with Crippen LogP contribution in [-0.4, -0.2) is 35.7 Å². The second-order valence-electron chi connectivity index (χ2n) is 4.04. The molecule has 0 aliphatic carbocycles. The average molecular weight is 238 g/mol. The lowest BCUT2D eigenvalue weighted by molar-refractivity contribution is -0.936. The summed E-state index contributed by atoms with van der Waals surface area (Å²) in [7, 11) is 0. The molecule has 0 unspecified atom stereocenters. The molecule has 0 heterocycles. The van der Waals surface area contributed by atoms with Crippen LogP contribution in [0.3, 0.4) is 0 Å². The van der Waals surface area contributed by atoms with Gasteiger partial charge in [0.2, 0.25) is 0 Å². The van der Waals surface area contributed by atoms with Crippen molar-refractivity contribution in [1.29, 1.82) is 0 Å². The maximum atomic E-state index is 8.36. The highest BCUT2D eigenvalue weighted by atomic mass is 16.3. The van der Waals surface area contributed by atoms with Gasteiger partial charge in [0.15, 0.2) is 0 Å². The number of nitrogens with zero attached hydrogens (tertiary/aromatic N) is 1. The number of carboxylic acid groups (broad SMARTS) is 1. The number of hydrogen-bond acceptors (Lipinski definition) is 1. The van der Waals surface area contributed by atoms with Crippen LogP contribution in [0, 0.1) is 0 Å². The van der Waals surface area contributed by atoms with Gasteiger partial charge in [-0.15, -0.1) is 0 Å². The van der Waals surface area contributed by atoms with Crippen molar-refractivity contribution in [3.05, 3.63) is 35.9 Å². The van der Waals surface area contributed by atoms with Crippen LogP contribution < -0.4 is 0 Å². The summed E-state index contributed by atoms with van der Waals surface area (Å²) < 4.78 is 1.20. The van der Waals surface area contributed by atoms with E-state index in [9.17, 15) is 0 Å². The summed E-state index contributed by atoms with van der Waals surface area (Å²) in [6, 6.07) is 10.8. The smallest absolute Gasteiger partial charge is 0.290 e. The summed E-state index contributed by atoms with van der Waals surface area (Å²) in [5.74, 6) is 0. The Balaban J connectivity index is 0.000000770. The Morgan fingerprint density at radius 1 is 1.06 bits per heavy atom. The monoisotopic (exact) mass is 238 g/mol. The molecule has 1 aromatic rings. The minimum atomic E-state index is -0.250. The van der Waals surface area contributed by atoms with E-state index in [1.807, 2.05) is 0 Å². The molecule has 0 aromatic heterocycles. The Hall–Kier alpha value is -1.35. The van der Waals surface area contributed by atoms with E-state index < -0.39 is 0 Å². The Bertz CT molecular complexity index is 286. The number of hydrogen-bond donors (Lipinski definition) is 1. The largest absolute Gasteiger partial charge is 0.483 e. The standard InChI is InChI=1S/C13H22N.CH2O2/c1-4-14(5-2,6-3)12-13-10-8-7-9-11-13;2-1-3/h7-11H,4-6,12H2,1-3H3;1H,(H,2,3)/q+1;. The molecule has 0 aliphatic heterocycles. The van der Waals surface area contributed by atoms with Crippen LogP contribution in [0.1, 0.15) is 26.3 Å². The minimum absolute atomic E-state index is 0.250. The molecule has 1 N–H and O–H groups in total. The number of carbonyl (C=O) groups is 1. The molecule has 0 saturated carbocycles. The molecule has 0 spiro atoms. The minimum Gasteiger partial charge on any atom is -0.483 e. The quantitative estimate of drug-likeness (QED) is 0.632. The first-order valence-electron chi connectivity index (χ1n) is 6.14. The zero-order chi connectivity index (χ0) is 13.1. The fourth-order valence-corrected chi connectivity index (χ4v) is 1.98. The number of benzene rings is 1. The molecule has 17 heavy (non-hydrogen) atoms. The second-order valence-corrected chi connectivity index (χ2v) is 4.04. The Kier molecular flexibility index (Phi) is 8.07. The first-order chi connectivity index (χ1) is 8.17. The van der Waals surface area contributed by atoms with Crippen LogP contribution in [0.25, 0.3) is 0 Å². The SMILES string of the molecule is CC[N+](CC)(CC)Cc1ccccc1.O=CO. The highest BCUT2D eigenvalue weighted by molar-refractivity contribution is 5.32.